The molecule has 11 rings (SSSR count). The Bertz CT molecular complexity index is 2740. The van der Waals surface area contributed by atoms with Crippen LogP contribution in [0.5, 0.6) is 0 Å². The lowest BCUT2D eigenvalue weighted by Crippen LogP contribution is -1.94. The number of hydrogen-bond donors (Lipinski definition) is 0. The number of nitrogens with zero attached hydrogens (tertiary/aromatic N) is 6. The largest absolute Gasteiger partial charge is 0.456 e. The Hall–Kier alpha value is -6.54. The lowest BCUT2D eigenvalue weighted by atomic mass is 10.0. The molecule has 0 fully saturated rings. The minimum Gasteiger partial charge on any atom is -0.456 e. The van der Waals surface area contributed by atoms with Gasteiger partial charge in [-0.3, -0.25) is 19.9 Å². The summed E-state index contributed by atoms with van der Waals surface area (Å²) in [5.41, 5.74) is 11.3. The van der Waals surface area contributed by atoms with Crippen molar-refractivity contribution in [2.45, 2.75) is 0 Å². The van der Waals surface area contributed by atoms with E-state index in [0.717, 1.165) is 99.1 Å². The van der Waals surface area contributed by atoms with Crippen molar-refractivity contribution in [3.05, 3.63) is 122 Å². The monoisotopic (exact) mass is 592 g/mol. The van der Waals surface area contributed by atoms with Gasteiger partial charge in [-0.25, -0.2) is 0 Å². The Kier molecular flexibility index (Phi) is 4.43. The summed E-state index contributed by atoms with van der Waals surface area (Å²) < 4.78 is 17.4. The molecular formula is C38H20N6O2. The van der Waals surface area contributed by atoms with E-state index in [0.29, 0.717) is 0 Å². The Balaban J connectivity index is 1.22. The third kappa shape index (κ3) is 3.02. The first-order valence-electron chi connectivity index (χ1n) is 15.0. The van der Waals surface area contributed by atoms with Crippen LogP contribution in [0.3, 0.4) is 0 Å². The number of pyridine rings is 4. The van der Waals surface area contributed by atoms with Gasteiger partial charge in [0.25, 0.3) is 0 Å². The fourth-order valence-electron chi connectivity index (χ4n) is 7.30. The average molecular weight is 593 g/mol. The van der Waals surface area contributed by atoms with E-state index in [9.17, 15) is 0 Å². The molecule has 8 heterocycles. The zero-order valence-corrected chi connectivity index (χ0v) is 24.0. The van der Waals surface area contributed by atoms with E-state index in [4.69, 9.17) is 18.8 Å². The highest BCUT2D eigenvalue weighted by Crippen LogP contribution is 2.42. The molecule has 8 nitrogen and oxygen atoms in total. The molecule has 0 saturated heterocycles. The first-order chi connectivity index (χ1) is 22.8. The second-order valence-corrected chi connectivity index (χ2v) is 11.6. The van der Waals surface area contributed by atoms with Gasteiger partial charge in [-0.15, -0.1) is 0 Å². The molecular weight excluding hydrogens is 572 g/mol. The maximum Gasteiger partial charge on any atom is 0.136 e. The second-order valence-electron chi connectivity index (χ2n) is 11.6. The van der Waals surface area contributed by atoms with E-state index in [2.05, 4.69) is 67.6 Å². The molecule has 0 unspecified atom stereocenters. The van der Waals surface area contributed by atoms with Gasteiger partial charge in [-0.05, 0) is 84.9 Å². The maximum atomic E-state index is 6.45. The van der Waals surface area contributed by atoms with E-state index in [-0.39, 0.29) is 0 Å². The van der Waals surface area contributed by atoms with Crippen LogP contribution in [0, 0.1) is 0 Å². The van der Waals surface area contributed by atoms with Gasteiger partial charge in [-0.2, -0.15) is 0 Å². The zero-order chi connectivity index (χ0) is 29.9. The molecule has 0 aliphatic carbocycles. The van der Waals surface area contributed by atoms with E-state index in [1.165, 1.54) is 0 Å². The van der Waals surface area contributed by atoms with E-state index < -0.39 is 0 Å². The SMILES string of the molecule is c1cnc2c3cnccc3n(-c3ccc4oc5ccc6oc7ccc(-n8c9ccncc9c9ncccc98)cc7c6c5c4c3)c2c1. The Morgan fingerprint density at radius 2 is 0.913 bits per heavy atom. The van der Waals surface area contributed by atoms with Crippen molar-refractivity contribution in [2.75, 3.05) is 0 Å². The van der Waals surface area contributed by atoms with Crippen molar-refractivity contribution in [3.8, 4) is 11.4 Å². The van der Waals surface area contributed by atoms with Gasteiger partial charge < -0.3 is 18.0 Å². The smallest absolute Gasteiger partial charge is 0.136 e. The van der Waals surface area contributed by atoms with Crippen LogP contribution < -0.4 is 0 Å². The van der Waals surface area contributed by atoms with Crippen LogP contribution in [0.2, 0.25) is 0 Å². The predicted molar refractivity (Wildman–Crippen MR) is 181 cm³/mol. The van der Waals surface area contributed by atoms with Crippen LogP contribution in [0.1, 0.15) is 0 Å². The zero-order valence-electron chi connectivity index (χ0n) is 24.0. The van der Waals surface area contributed by atoms with Gasteiger partial charge in [-0.1, -0.05) is 0 Å². The number of rotatable bonds is 2. The molecule has 0 spiro atoms. The molecule has 0 radical (unpaired) electrons. The summed E-state index contributed by atoms with van der Waals surface area (Å²) in [5, 5.41) is 6.12. The van der Waals surface area contributed by atoms with Crippen LogP contribution in [0.25, 0.3) is 99.1 Å². The van der Waals surface area contributed by atoms with E-state index >= 15 is 0 Å². The molecule has 214 valence electrons. The third-order valence-corrected chi connectivity index (χ3v) is 9.19. The number of aromatic nitrogens is 6. The fourth-order valence-corrected chi connectivity index (χ4v) is 7.30. The van der Waals surface area contributed by atoms with Crippen LogP contribution in [-0.4, -0.2) is 29.1 Å². The molecule has 0 N–H and O–H groups in total. The lowest BCUT2D eigenvalue weighted by Gasteiger charge is -2.08. The number of hydrogen-bond acceptors (Lipinski definition) is 6. The van der Waals surface area contributed by atoms with Gasteiger partial charge in [0.1, 0.15) is 22.3 Å². The van der Waals surface area contributed by atoms with Crippen molar-refractivity contribution in [3.63, 3.8) is 0 Å². The first kappa shape index (κ1) is 23.9. The predicted octanol–water partition coefficient (Wildman–Crippen LogP) is 9.26. The molecule has 3 aromatic carbocycles. The van der Waals surface area contributed by atoms with Gasteiger partial charge in [0.2, 0.25) is 0 Å². The normalized spacial score (nSPS) is 12.3. The van der Waals surface area contributed by atoms with Gasteiger partial charge >= 0.3 is 0 Å². The first-order valence-corrected chi connectivity index (χ1v) is 15.0. The van der Waals surface area contributed by atoms with Crippen molar-refractivity contribution in [1.82, 2.24) is 29.1 Å². The molecule has 0 aliphatic rings. The van der Waals surface area contributed by atoms with Gasteiger partial charge in [0, 0.05) is 80.9 Å². The number of benzene rings is 3. The van der Waals surface area contributed by atoms with Crippen molar-refractivity contribution < 1.29 is 8.83 Å². The summed E-state index contributed by atoms with van der Waals surface area (Å²) >= 11 is 0. The average Bonchev–Trinajstić information content (AvgIpc) is 3.85. The van der Waals surface area contributed by atoms with E-state index in [1.807, 2.05) is 73.6 Å². The summed E-state index contributed by atoms with van der Waals surface area (Å²) in [4.78, 5) is 18.1. The van der Waals surface area contributed by atoms with Gasteiger partial charge in [0.15, 0.2) is 0 Å². The molecule has 0 aliphatic heterocycles. The van der Waals surface area contributed by atoms with Crippen LogP contribution in [0.15, 0.2) is 131 Å². The Morgan fingerprint density at radius 3 is 1.41 bits per heavy atom. The summed E-state index contributed by atoms with van der Waals surface area (Å²) in [5.74, 6) is 0. The topological polar surface area (TPSA) is 87.7 Å². The Labute approximate surface area is 258 Å². The number of furan rings is 2. The maximum absolute atomic E-state index is 6.45. The number of fused-ring (bicyclic) bond motifs is 13. The molecule has 8 heteroatoms. The highest BCUT2D eigenvalue weighted by Gasteiger charge is 2.20. The fraction of sp³-hybridized carbons (Fsp3) is 0. The molecule has 0 saturated carbocycles. The lowest BCUT2D eigenvalue weighted by molar-refractivity contribution is 0.663. The van der Waals surface area contributed by atoms with Crippen LogP contribution >= 0.6 is 0 Å². The van der Waals surface area contributed by atoms with Crippen LogP contribution in [-0.2, 0) is 0 Å². The minimum atomic E-state index is 0.813. The summed E-state index contributed by atoms with van der Waals surface area (Å²) in [6.45, 7) is 0. The molecule has 0 bridgehead atoms. The Morgan fingerprint density at radius 1 is 0.435 bits per heavy atom. The standard InChI is InChI=1S/C38H20N6O2/c1-3-29-37(41-13-1)25-19-39-15-11-27(25)43(29)21-5-7-31-23(17-21)35-33(45-31)9-10-34-36(35)24-18-22(6-8-32(24)46-34)44-28-12-16-40-20-26(28)38-30(44)4-2-14-42-38/h1-20H. The van der Waals surface area contributed by atoms with Crippen LogP contribution in [0.4, 0.5) is 0 Å². The highest BCUT2D eigenvalue weighted by atomic mass is 16.3. The third-order valence-electron chi connectivity index (χ3n) is 9.19. The van der Waals surface area contributed by atoms with Crippen molar-refractivity contribution in [1.29, 1.82) is 0 Å². The molecule has 8 aromatic heterocycles. The minimum absolute atomic E-state index is 0.813. The van der Waals surface area contributed by atoms with Crippen molar-refractivity contribution in [2.24, 2.45) is 0 Å². The van der Waals surface area contributed by atoms with Crippen molar-refractivity contribution >= 4 is 87.7 Å². The second kappa shape index (κ2) is 8.55. The molecule has 46 heavy (non-hydrogen) atoms. The van der Waals surface area contributed by atoms with E-state index in [1.54, 1.807) is 0 Å². The quantitative estimate of drug-likeness (QED) is 0.199. The molecule has 0 atom stereocenters. The summed E-state index contributed by atoms with van der Waals surface area (Å²) in [6.07, 6.45) is 11.1. The molecule has 0 amide bonds. The molecule has 11 aromatic rings. The van der Waals surface area contributed by atoms with Gasteiger partial charge in [0.05, 0.1) is 33.1 Å². The summed E-state index contributed by atoms with van der Waals surface area (Å²) in [7, 11) is 0. The summed E-state index contributed by atoms with van der Waals surface area (Å²) in [6, 6.07) is 29.0. The highest BCUT2D eigenvalue weighted by molar-refractivity contribution is 6.26.